The SMILES string of the molecule is O=C(NCCC1CCCC1)Nc1cc(Br)cc(C(=O)O)c1. The van der Waals surface area contributed by atoms with Gasteiger partial charge in [0.2, 0.25) is 0 Å². The second-order valence-electron chi connectivity index (χ2n) is 5.35. The molecule has 0 atom stereocenters. The fourth-order valence-electron chi connectivity index (χ4n) is 2.65. The summed E-state index contributed by atoms with van der Waals surface area (Å²) in [5.74, 6) is -0.296. The highest BCUT2D eigenvalue weighted by atomic mass is 79.9. The van der Waals surface area contributed by atoms with Crippen LogP contribution in [0.5, 0.6) is 0 Å². The van der Waals surface area contributed by atoms with E-state index in [2.05, 4.69) is 26.6 Å². The van der Waals surface area contributed by atoms with E-state index in [1.807, 2.05) is 0 Å². The van der Waals surface area contributed by atoms with E-state index >= 15 is 0 Å². The van der Waals surface area contributed by atoms with E-state index in [4.69, 9.17) is 5.11 Å². The molecule has 114 valence electrons. The summed E-state index contributed by atoms with van der Waals surface area (Å²) in [4.78, 5) is 22.8. The summed E-state index contributed by atoms with van der Waals surface area (Å²) in [5, 5.41) is 14.5. The minimum atomic E-state index is -1.03. The third kappa shape index (κ3) is 5.04. The average molecular weight is 355 g/mol. The lowest BCUT2D eigenvalue weighted by Gasteiger charge is -2.11. The molecule has 1 aliphatic carbocycles. The molecule has 5 nitrogen and oxygen atoms in total. The minimum absolute atomic E-state index is 0.130. The van der Waals surface area contributed by atoms with Crippen molar-refractivity contribution in [3.05, 3.63) is 28.2 Å². The standard InChI is InChI=1S/C15H19BrN2O3/c16-12-7-11(14(19)20)8-13(9-12)18-15(21)17-6-5-10-3-1-2-4-10/h7-10H,1-6H2,(H,19,20)(H2,17,18,21). The summed E-state index contributed by atoms with van der Waals surface area (Å²) in [6.07, 6.45) is 6.12. The van der Waals surface area contributed by atoms with Gasteiger partial charge in [0.25, 0.3) is 0 Å². The minimum Gasteiger partial charge on any atom is -0.478 e. The number of benzene rings is 1. The molecule has 0 heterocycles. The molecule has 3 N–H and O–H groups in total. The quantitative estimate of drug-likeness (QED) is 0.751. The number of anilines is 1. The topological polar surface area (TPSA) is 78.4 Å². The highest BCUT2D eigenvalue weighted by Gasteiger charge is 2.14. The van der Waals surface area contributed by atoms with Crippen LogP contribution >= 0.6 is 15.9 Å². The number of urea groups is 1. The molecule has 1 aromatic rings. The number of carboxylic acid groups (broad SMARTS) is 1. The first-order chi connectivity index (χ1) is 10.0. The lowest BCUT2D eigenvalue weighted by molar-refractivity contribution is 0.0697. The zero-order chi connectivity index (χ0) is 15.2. The van der Waals surface area contributed by atoms with Crippen molar-refractivity contribution in [3.8, 4) is 0 Å². The Morgan fingerprint density at radius 1 is 1.24 bits per heavy atom. The van der Waals surface area contributed by atoms with Crippen molar-refractivity contribution in [1.29, 1.82) is 0 Å². The Bertz CT molecular complexity index is 528. The molecule has 2 rings (SSSR count). The molecule has 0 spiro atoms. The maximum absolute atomic E-state index is 11.8. The Kier molecular flexibility index (Phi) is 5.61. The van der Waals surface area contributed by atoms with Gasteiger partial charge in [-0.05, 0) is 30.5 Å². The van der Waals surface area contributed by atoms with E-state index in [0.29, 0.717) is 16.7 Å². The molecular formula is C15H19BrN2O3. The molecule has 0 unspecified atom stereocenters. The van der Waals surface area contributed by atoms with Crippen LogP contribution in [0.4, 0.5) is 10.5 Å². The van der Waals surface area contributed by atoms with Gasteiger partial charge in [-0.2, -0.15) is 0 Å². The number of carboxylic acids is 1. The van der Waals surface area contributed by atoms with Crippen LogP contribution in [0.1, 0.15) is 42.5 Å². The zero-order valence-electron chi connectivity index (χ0n) is 11.7. The van der Waals surface area contributed by atoms with Gasteiger partial charge in [0.1, 0.15) is 0 Å². The molecule has 6 heteroatoms. The maximum Gasteiger partial charge on any atom is 0.335 e. The highest BCUT2D eigenvalue weighted by molar-refractivity contribution is 9.10. The molecule has 21 heavy (non-hydrogen) atoms. The molecule has 2 amide bonds. The van der Waals surface area contributed by atoms with Gasteiger partial charge in [0.15, 0.2) is 0 Å². The molecule has 0 aliphatic heterocycles. The highest BCUT2D eigenvalue weighted by Crippen LogP contribution is 2.26. The Morgan fingerprint density at radius 3 is 2.62 bits per heavy atom. The predicted molar refractivity (Wildman–Crippen MR) is 84.7 cm³/mol. The summed E-state index contributed by atoms with van der Waals surface area (Å²) in [6.45, 7) is 0.649. The van der Waals surface area contributed by atoms with E-state index in [1.165, 1.54) is 37.8 Å². The predicted octanol–water partition coefficient (Wildman–Crippen LogP) is 3.85. The van der Waals surface area contributed by atoms with Crippen LogP contribution in [0.15, 0.2) is 22.7 Å². The van der Waals surface area contributed by atoms with Gasteiger partial charge in [-0.25, -0.2) is 9.59 Å². The van der Waals surface area contributed by atoms with E-state index in [0.717, 1.165) is 12.3 Å². The van der Waals surface area contributed by atoms with E-state index < -0.39 is 5.97 Å². The monoisotopic (exact) mass is 354 g/mol. The number of hydrogen-bond acceptors (Lipinski definition) is 2. The van der Waals surface area contributed by atoms with Crippen LogP contribution in [-0.4, -0.2) is 23.7 Å². The van der Waals surface area contributed by atoms with Gasteiger partial charge < -0.3 is 15.7 Å². The second-order valence-corrected chi connectivity index (χ2v) is 6.27. The first-order valence-electron chi connectivity index (χ1n) is 7.13. The lowest BCUT2D eigenvalue weighted by atomic mass is 10.0. The van der Waals surface area contributed by atoms with Crippen molar-refractivity contribution >= 4 is 33.6 Å². The third-order valence-corrected chi connectivity index (χ3v) is 4.17. The number of amides is 2. The smallest absolute Gasteiger partial charge is 0.335 e. The van der Waals surface area contributed by atoms with Crippen LogP contribution in [0.2, 0.25) is 0 Å². The second kappa shape index (κ2) is 7.45. The van der Waals surface area contributed by atoms with Crippen LogP contribution in [0.3, 0.4) is 0 Å². The zero-order valence-corrected chi connectivity index (χ0v) is 13.3. The van der Waals surface area contributed by atoms with Gasteiger partial charge in [0.05, 0.1) is 5.56 Å². The molecule has 0 saturated heterocycles. The summed E-state index contributed by atoms with van der Waals surface area (Å²) in [6, 6.07) is 4.29. The van der Waals surface area contributed by atoms with Crippen molar-refractivity contribution in [3.63, 3.8) is 0 Å². The number of carbonyl (C=O) groups is 2. The molecular weight excluding hydrogens is 336 g/mol. The molecule has 1 fully saturated rings. The summed E-state index contributed by atoms with van der Waals surface area (Å²) < 4.78 is 0.614. The Hall–Kier alpha value is -1.56. The van der Waals surface area contributed by atoms with Crippen molar-refractivity contribution in [2.24, 2.45) is 5.92 Å². The average Bonchev–Trinajstić information content (AvgIpc) is 2.91. The molecule has 0 bridgehead atoms. The van der Waals surface area contributed by atoms with Gasteiger partial charge in [-0.3, -0.25) is 0 Å². The Balaban J connectivity index is 1.82. The molecule has 0 aromatic heterocycles. The largest absolute Gasteiger partial charge is 0.478 e. The van der Waals surface area contributed by atoms with Crippen molar-refractivity contribution in [2.45, 2.75) is 32.1 Å². The normalized spacial score (nSPS) is 14.9. The van der Waals surface area contributed by atoms with Gasteiger partial charge in [0, 0.05) is 16.7 Å². The van der Waals surface area contributed by atoms with E-state index in [9.17, 15) is 9.59 Å². The van der Waals surface area contributed by atoms with Crippen LogP contribution in [0, 0.1) is 5.92 Å². The van der Waals surface area contributed by atoms with Crippen molar-refractivity contribution in [2.75, 3.05) is 11.9 Å². The van der Waals surface area contributed by atoms with E-state index in [-0.39, 0.29) is 11.6 Å². The number of rotatable bonds is 5. The number of carbonyl (C=O) groups excluding carboxylic acids is 1. The first kappa shape index (κ1) is 15.8. The number of hydrogen-bond donors (Lipinski definition) is 3. The lowest BCUT2D eigenvalue weighted by Crippen LogP contribution is -2.30. The van der Waals surface area contributed by atoms with Crippen molar-refractivity contribution < 1.29 is 14.7 Å². The van der Waals surface area contributed by atoms with Gasteiger partial charge in [-0.1, -0.05) is 41.6 Å². The molecule has 1 aromatic carbocycles. The van der Waals surface area contributed by atoms with Crippen LogP contribution in [0.25, 0.3) is 0 Å². The summed E-state index contributed by atoms with van der Waals surface area (Å²) in [7, 11) is 0. The Morgan fingerprint density at radius 2 is 1.95 bits per heavy atom. The van der Waals surface area contributed by atoms with Crippen LogP contribution in [-0.2, 0) is 0 Å². The maximum atomic E-state index is 11.8. The molecule has 0 radical (unpaired) electrons. The number of nitrogens with one attached hydrogen (secondary N) is 2. The first-order valence-corrected chi connectivity index (χ1v) is 7.92. The Labute approximate surface area is 132 Å². The van der Waals surface area contributed by atoms with E-state index in [1.54, 1.807) is 6.07 Å². The fourth-order valence-corrected chi connectivity index (χ4v) is 3.14. The number of halogens is 1. The summed E-state index contributed by atoms with van der Waals surface area (Å²) in [5.41, 5.74) is 0.589. The molecule has 1 aliphatic rings. The number of aromatic carboxylic acids is 1. The van der Waals surface area contributed by atoms with Gasteiger partial charge >= 0.3 is 12.0 Å². The van der Waals surface area contributed by atoms with Crippen molar-refractivity contribution in [1.82, 2.24) is 5.32 Å². The van der Waals surface area contributed by atoms with Crippen LogP contribution < -0.4 is 10.6 Å². The fraction of sp³-hybridized carbons (Fsp3) is 0.467. The third-order valence-electron chi connectivity index (χ3n) is 3.72. The molecule has 1 saturated carbocycles. The summed E-state index contributed by atoms with van der Waals surface area (Å²) >= 11 is 3.23. The van der Waals surface area contributed by atoms with Gasteiger partial charge in [-0.15, -0.1) is 0 Å².